The highest BCUT2D eigenvalue weighted by Crippen LogP contribution is 2.42. The van der Waals surface area contributed by atoms with Crippen molar-refractivity contribution >= 4 is 65.2 Å². The Labute approximate surface area is 372 Å². The van der Waals surface area contributed by atoms with Crippen LogP contribution in [-0.4, -0.2) is 101 Å². The van der Waals surface area contributed by atoms with Crippen molar-refractivity contribution in [1.29, 1.82) is 0 Å². The third-order valence-electron chi connectivity index (χ3n) is 12.5. The summed E-state index contributed by atoms with van der Waals surface area (Å²) >= 11 is 1.68. The smallest absolute Gasteiger partial charge is 0.407 e. The number of H-pyrrole nitrogens is 2. The zero-order valence-corrected chi connectivity index (χ0v) is 38.9. The van der Waals surface area contributed by atoms with Crippen LogP contribution >= 0.6 is 11.3 Å². The number of fused-ring (bicyclic) bond motifs is 3. The first-order valence-electron chi connectivity index (χ1n) is 21.6. The number of aromatic amines is 2. The van der Waals surface area contributed by atoms with Gasteiger partial charge in [0.2, 0.25) is 11.8 Å². The van der Waals surface area contributed by atoms with Crippen LogP contribution in [0.4, 0.5) is 9.59 Å². The van der Waals surface area contributed by atoms with Crippen molar-refractivity contribution in [1.82, 2.24) is 40.4 Å². The number of ether oxygens (including phenoxy) is 2. The summed E-state index contributed by atoms with van der Waals surface area (Å²) in [5, 5.41) is 9.62. The van der Waals surface area contributed by atoms with Crippen LogP contribution in [-0.2, 0) is 19.1 Å². The summed E-state index contributed by atoms with van der Waals surface area (Å²) in [5.41, 5.74) is 6.80. The van der Waals surface area contributed by atoms with Crippen LogP contribution in [0.2, 0.25) is 19.1 Å². The van der Waals surface area contributed by atoms with Gasteiger partial charge in [-0.25, -0.2) is 19.6 Å². The van der Waals surface area contributed by atoms with E-state index in [2.05, 4.69) is 93.7 Å². The number of hydrogen-bond donors (Lipinski definition) is 4. The number of nitrogens with zero attached hydrogens (tertiary/aromatic N) is 4. The van der Waals surface area contributed by atoms with E-state index in [9.17, 15) is 19.2 Å². The first kappa shape index (κ1) is 43.6. The molecule has 6 aromatic rings. The lowest BCUT2D eigenvalue weighted by molar-refractivity contribution is -0.136. The molecule has 0 unspecified atom stereocenters. The topological polar surface area (TPSA) is 175 Å². The van der Waals surface area contributed by atoms with Crippen LogP contribution in [0.5, 0.6) is 0 Å². The minimum absolute atomic E-state index is 0.119. The molecule has 16 heteroatoms. The lowest BCUT2D eigenvalue weighted by atomic mass is 9.95. The number of imidazole rings is 2. The maximum absolute atomic E-state index is 14.1. The zero-order chi connectivity index (χ0) is 44.7. The summed E-state index contributed by atoms with van der Waals surface area (Å²) in [6, 6.07) is 20.2. The van der Waals surface area contributed by atoms with E-state index in [1.165, 1.54) is 14.2 Å². The van der Waals surface area contributed by atoms with E-state index in [1.54, 1.807) is 11.3 Å². The number of thiophene rings is 1. The van der Waals surface area contributed by atoms with Gasteiger partial charge in [0.15, 0.2) is 0 Å². The summed E-state index contributed by atoms with van der Waals surface area (Å²) in [7, 11) is 0.798. The number of rotatable bonds is 11. The Bertz CT molecular complexity index is 2670. The lowest BCUT2D eigenvalue weighted by Gasteiger charge is -2.30. The normalized spacial score (nSPS) is 18.3. The van der Waals surface area contributed by atoms with E-state index in [-0.39, 0.29) is 35.7 Å². The van der Waals surface area contributed by atoms with Crippen LogP contribution in [0.1, 0.15) is 64.3 Å². The monoisotopic (exact) mass is 888 g/mol. The molecule has 0 bridgehead atoms. The van der Waals surface area contributed by atoms with E-state index in [0.717, 1.165) is 85.2 Å². The number of benzene rings is 3. The fourth-order valence-corrected chi connectivity index (χ4v) is 12.9. The second-order valence-electron chi connectivity index (χ2n) is 18.2. The van der Waals surface area contributed by atoms with Gasteiger partial charge in [0, 0.05) is 34.1 Å². The van der Waals surface area contributed by atoms with Crippen molar-refractivity contribution < 1.29 is 28.7 Å². The molecule has 5 heterocycles. The van der Waals surface area contributed by atoms with E-state index < -0.39 is 32.3 Å². The summed E-state index contributed by atoms with van der Waals surface area (Å²) in [6.07, 6.45) is 2.90. The summed E-state index contributed by atoms with van der Waals surface area (Å²) in [5.74, 6) is 0.965. The van der Waals surface area contributed by atoms with Gasteiger partial charge >= 0.3 is 12.2 Å². The van der Waals surface area contributed by atoms with Crippen molar-refractivity contribution in [2.24, 2.45) is 11.8 Å². The van der Waals surface area contributed by atoms with Crippen LogP contribution in [0.25, 0.3) is 54.6 Å². The van der Waals surface area contributed by atoms with E-state index in [0.29, 0.717) is 12.7 Å². The molecular weight excluding hydrogens is 833 g/mol. The van der Waals surface area contributed by atoms with Crippen molar-refractivity contribution in [3.63, 3.8) is 0 Å². The third kappa shape index (κ3) is 8.70. The third-order valence-corrected chi connectivity index (χ3v) is 16.1. The number of likely N-dealkylation sites (tertiary alicyclic amines) is 1. The molecule has 0 aliphatic carbocycles. The van der Waals surface area contributed by atoms with Crippen molar-refractivity contribution in [2.75, 3.05) is 26.9 Å². The summed E-state index contributed by atoms with van der Waals surface area (Å²) in [4.78, 5) is 74.2. The number of methoxy groups -OCH3 is 2. The van der Waals surface area contributed by atoms with Gasteiger partial charge in [-0.15, -0.1) is 11.3 Å². The van der Waals surface area contributed by atoms with Gasteiger partial charge in [-0.2, -0.15) is 0 Å². The zero-order valence-electron chi connectivity index (χ0n) is 37.1. The quantitative estimate of drug-likeness (QED) is 0.0933. The molecule has 63 heavy (non-hydrogen) atoms. The van der Waals surface area contributed by atoms with E-state index in [1.807, 2.05) is 49.8 Å². The standard InChI is InChI=1S/C47H56N8O6SSi/c1-26(2)39(52-46(58)60-5)44(56)54-19-9-11-36(54)43-49-34-18-15-30-21-28(13-16-31(30)41(34)51-43)29-14-17-32(33(22-29)38-12-10-20-62-38)35-23-48-42(50-35)37-24-63(7,8)25-55(37)45(57)40(27(3)4)53-47(59)61-6/h10,12-18,20-23,26-27,36-37,39-40H,9,11,19,24-25H2,1-8H3,(H,48,50)(H,49,51)(H,52,58)(H,53,59)/t36-,37-,39-,40-/m0/s1. The van der Waals surface area contributed by atoms with Crippen molar-refractivity contribution in [3.8, 4) is 32.8 Å². The first-order valence-corrected chi connectivity index (χ1v) is 25.9. The van der Waals surface area contributed by atoms with E-state index in [4.69, 9.17) is 19.4 Å². The van der Waals surface area contributed by atoms with Gasteiger partial charge in [0.1, 0.15) is 23.7 Å². The molecule has 2 fully saturated rings. The molecule has 8 rings (SSSR count). The Hall–Kier alpha value is -6.00. The highest BCUT2D eigenvalue weighted by atomic mass is 32.1. The number of nitrogens with one attached hydrogen (secondary N) is 4. The molecule has 4 amide bonds. The van der Waals surface area contributed by atoms with Crippen LogP contribution in [0, 0.1) is 11.8 Å². The molecule has 4 atom stereocenters. The molecule has 3 aromatic heterocycles. The fourth-order valence-electron chi connectivity index (χ4n) is 9.21. The predicted octanol–water partition coefficient (Wildman–Crippen LogP) is 9.06. The Balaban J connectivity index is 1.08. The largest absolute Gasteiger partial charge is 0.453 e. The Kier molecular flexibility index (Phi) is 12.2. The minimum atomic E-state index is -1.80. The Morgan fingerprint density at radius 3 is 2.16 bits per heavy atom. The summed E-state index contributed by atoms with van der Waals surface area (Å²) < 4.78 is 9.66. The number of hydrogen-bond acceptors (Lipinski definition) is 9. The number of carbonyl (C=O) groups excluding carboxylic acids is 4. The van der Waals surface area contributed by atoms with Gasteiger partial charge in [0.05, 0.1) is 57.3 Å². The van der Waals surface area contributed by atoms with E-state index >= 15 is 0 Å². The van der Waals surface area contributed by atoms with Gasteiger partial charge in [-0.3, -0.25) is 9.59 Å². The Morgan fingerprint density at radius 2 is 1.49 bits per heavy atom. The molecule has 3 aromatic carbocycles. The molecule has 2 saturated heterocycles. The molecule has 2 aliphatic rings. The molecule has 0 radical (unpaired) electrons. The predicted molar refractivity (Wildman–Crippen MR) is 249 cm³/mol. The van der Waals surface area contributed by atoms with Crippen LogP contribution < -0.4 is 10.6 Å². The van der Waals surface area contributed by atoms with Gasteiger partial charge in [-0.05, 0) is 76.9 Å². The summed E-state index contributed by atoms with van der Waals surface area (Å²) in [6.45, 7) is 12.8. The Morgan fingerprint density at radius 1 is 0.810 bits per heavy atom. The van der Waals surface area contributed by atoms with Gasteiger partial charge < -0.3 is 39.9 Å². The van der Waals surface area contributed by atoms with Crippen molar-refractivity contribution in [3.05, 3.63) is 83.9 Å². The number of aromatic nitrogens is 4. The van der Waals surface area contributed by atoms with Crippen LogP contribution in [0.15, 0.2) is 72.2 Å². The molecule has 0 spiro atoms. The first-order chi connectivity index (χ1) is 30.2. The number of alkyl carbamates (subject to hydrolysis) is 2. The maximum Gasteiger partial charge on any atom is 0.407 e. The maximum atomic E-state index is 14.1. The molecule has 2 aliphatic heterocycles. The van der Waals surface area contributed by atoms with Gasteiger partial charge in [0.25, 0.3) is 0 Å². The second-order valence-corrected chi connectivity index (χ2v) is 24.2. The number of amides is 4. The molecule has 4 N–H and O–H groups in total. The second kappa shape index (κ2) is 17.6. The molecule has 0 saturated carbocycles. The van der Waals surface area contributed by atoms with Gasteiger partial charge in [-0.1, -0.05) is 77.2 Å². The molecular formula is C47H56N8O6SSi. The number of carbonyl (C=O) groups is 4. The average molecular weight is 889 g/mol. The highest BCUT2D eigenvalue weighted by Gasteiger charge is 2.46. The minimum Gasteiger partial charge on any atom is -0.453 e. The van der Waals surface area contributed by atoms with Crippen LogP contribution in [0.3, 0.4) is 0 Å². The molecule has 14 nitrogen and oxygen atoms in total. The highest BCUT2D eigenvalue weighted by molar-refractivity contribution is 7.13. The average Bonchev–Trinajstić information content (AvgIpc) is 4.13. The SMILES string of the molecule is COC(=O)N[C@H](C(=O)N1C[Si](C)(C)C[C@H]1c1ncc(-c2ccc(-c3ccc4c(ccc5[nH]c([C@@H]6CCCN6C(=O)[C@@H](NC(=O)OC)C(C)C)nc54)c3)cc2-c2cccs2)[nH]1)C(C)C. The fraction of sp³-hybridized carbons (Fsp3) is 0.404. The lowest BCUT2D eigenvalue weighted by Crippen LogP contribution is -2.52. The molecule has 330 valence electrons. The van der Waals surface area contributed by atoms with Crippen molar-refractivity contribution in [2.45, 2.75) is 83.8 Å².